The zero-order chi connectivity index (χ0) is 20.7. The van der Waals surface area contributed by atoms with Gasteiger partial charge in [-0.1, -0.05) is 18.2 Å². The highest BCUT2D eigenvalue weighted by molar-refractivity contribution is 7.89. The number of benzene rings is 2. The van der Waals surface area contributed by atoms with Gasteiger partial charge in [-0.05, 0) is 50.6 Å². The minimum absolute atomic E-state index is 0.142. The first-order valence-electron chi connectivity index (χ1n) is 9.07. The van der Waals surface area contributed by atoms with Crippen LogP contribution in [0.1, 0.15) is 30.6 Å². The van der Waals surface area contributed by atoms with E-state index in [-0.39, 0.29) is 16.5 Å². The second-order valence-corrected chi connectivity index (χ2v) is 8.50. The summed E-state index contributed by atoms with van der Waals surface area (Å²) in [7, 11) is -1.85. The first-order valence-corrected chi connectivity index (χ1v) is 10.6. The van der Waals surface area contributed by atoms with Gasteiger partial charge in [0.1, 0.15) is 5.82 Å². The van der Waals surface area contributed by atoms with E-state index in [0.717, 1.165) is 23.9 Å². The molecule has 152 valence electrons. The predicted octanol–water partition coefficient (Wildman–Crippen LogP) is 2.77. The summed E-state index contributed by atoms with van der Waals surface area (Å²) in [6, 6.07) is 12.7. The van der Waals surface area contributed by atoms with Crippen molar-refractivity contribution in [2.24, 2.45) is 0 Å². The van der Waals surface area contributed by atoms with Gasteiger partial charge in [0.15, 0.2) is 0 Å². The molecule has 28 heavy (non-hydrogen) atoms. The molecule has 0 radical (unpaired) electrons. The van der Waals surface area contributed by atoms with E-state index in [4.69, 9.17) is 0 Å². The third kappa shape index (κ3) is 6.03. The second-order valence-electron chi connectivity index (χ2n) is 6.78. The second kappa shape index (κ2) is 9.66. The predicted molar refractivity (Wildman–Crippen MR) is 109 cm³/mol. The third-order valence-electron chi connectivity index (χ3n) is 4.04. The molecule has 0 atom stereocenters. The fourth-order valence-corrected chi connectivity index (χ4v) is 3.93. The summed E-state index contributed by atoms with van der Waals surface area (Å²) in [5.41, 5.74) is 0.776. The summed E-state index contributed by atoms with van der Waals surface area (Å²) >= 11 is 0. The van der Waals surface area contributed by atoms with Gasteiger partial charge in [0.2, 0.25) is 10.0 Å². The van der Waals surface area contributed by atoms with Crippen molar-refractivity contribution >= 4 is 21.6 Å². The van der Waals surface area contributed by atoms with Crippen LogP contribution in [0.15, 0.2) is 53.4 Å². The molecule has 0 unspecified atom stereocenters. The Kier molecular flexibility index (Phi) is 7.53. The largest absolute Gasteiger partial charge is 0.375 e. The van der Waals surface area contributed by atoms with Crippen molar-refractivity contribution in [2.45, 2.75) is 31.2 Å². The van der Waals surface area contributed by atoms with E-state index >= 15 is 0 Å². The lowest BCUT2D eigenvalue weighted by molar-refractivity contribution is 0.0949. The molecule has 0 aliphatic rings. The molecule has 2 rings (SSSR count). The Morgan fingerprint density at radius 3 is 2.46 bits per heavy atom. The molecule has 0 bridgehead atoms. The van der Waals surface area contributed by atoms with E-state index in [0.29, 0.717) is 19.5 Å². The van der Waals surface area contributed by atoms with Crippen LogP contribution in [0, 0.1) is 5.82 Å². The van der Waals surface area contributed by atoms with Gasteiger partial charge in [-0.2, -0.15) is 0 Å². The Morgan fingerprint density at radius 1 is 1.14 bits per heavy atom. The van der Waals surface area contributed by atoms with Crippen molar-refractivity contribution in [1.29, 1.82) is 0 Å². The number of carbonyl (C=O) groups is 1. The van der Waals surface area contributed by atoms with Gasteiger partial charge >= 0.3 is 0 Å². The molecular weight excluding hydrogens is 381 g/mol. The number of hydrogen-bond acceptors (Lipinski definition) is 4. The minimum atomic E-state index is -3.80. The number of sulfonamides is 1. The van der Waals surface area contributed by atoms with E-state index in [1.54, 1.807) is 13.8 Å². The molecular formula is C20H26FN3O3S. The number of carbonyl (C=O) groups excluding carboxylic acids is 1. The fourth-order valence-electron chi connectivity index (χ4n) is 2.65. The summed E-state index contributed by atoms with van der Waals surface area (Å²) < 4.78 is 40.9. The third-order valence-corrected chi connectivity index (χ3v) is 5.69. The smallest absolute Gasteiger partial charge is 0.254 e. The maximum atomic E-state index is 14.0. The normalized spacial score (nSPS) is 11.5. The van der Waals surface area contributed by atoms with Crippen molar-refractivity contribution in [3.05, 3.63) is 59.9 Å². The summed E-state index contributed by atoms with van der Waals surface area (Å²) in [6.45, 7) is 4.42. The average molecular weight is 408 g/mol. The number of amides is 1. The van der Waals surface area contributed by atoms with Gasteiger partial charge in [0.05, 0.1) is 10.5 Å². The number of anilines is 1. The molecule has 0 aromatic heterocycles. The summed E-state index contributed by atoms with van der Waals surface area (Å²) in [5.74, 6) is -1.40. The van der Waals surface area contributed by atoms with E-state index in [9.17, 15) is 17.6 Å². The Labute approximate surface area is 165 Å². The molecule has 0 heterocycles. The fraction of sp³-hybridized carbons (Fsp3) is 0.350. The molecule has 1 amide bonds. The molecule has 2 N–H and O–H groups in total. The average Bonchev–Trinajstić information content (AvgIpc) is 2.64. The summed E-state index contributed by atoms with van der Waals surface area (Å²) in [4.78, 5) is 14.2. The van der Waals surface area contributed by atoms with Crippen molar-refractivity contribution in [2.75, 3.05) is 25.0 Å². The van der Waals surface area contributed by atoms with Crippen LogP contribution in [0.25, 0.3) is 0 Å². The molecule has 0 fully saturated rings. The van der Waals surface area contributed by atoms with Crippen LogP contribution in [0.4, 0.5) is 10.1 Å². The zero-order valence-electron chi connectivity index (χ0n) is 16.3. The summed E-state index contributed by atoms with van der Waals surface area (Å²) in [5, 5.41) is 2.65. The maximum absolute atomic E-state index is 14.0. The first kappa shape index (κ1) is 21.8. The number of nitrogens with zero attached hydrogens (tertiary/aromatic N) is 1. The number of nitrogens with one attached hydrogen (secondary N) is 2. The van der Waals surface area contributed by atoms with Crippen molar-refractivity contribution < 1.29 is 17.6 Å². The quantitative estimate of drug-likeness (QED) is 0.627. The molecule has 0 saturated carbocycles. The highest BCUT2D eigenvalue weighted by Gasteiger charge is 2.20. The molecule has 0 saturated heterocycles. The van der Waals surface area contributed by atoms with Crippen LogP contribution in [0.2, 0.25) is 0 Å². The number of rotatable bonds is 9. The lowest BCUT2D eigenvalue weighted by Gasteiger charge is -2.19. The van der Waals surface area contributed by atoms with Crippen LogP contribution >= 0.6 is 0 Å². The lowest BCUT2D eigenvalue weighted by Crippen LogP contribution is -2.31. The molecule has 8 heteroatoms. The monoisotopic (exact) mass is 407 g/mol. The molecule has 0 spiro atoms. The Balaban J connectivity index is 1.96. The lowest BCUT2D eigenvalue weighted by atomic mass is 10.2. The van der Waals surface area contributed by atoms with Crippen LogP contribution in [-0.2, 0) is 10.0 Å². The standard InChI is InChI=1S/C20H26FN3O3S/c1-15(2)23-28(26,27)17-10-11-19(21)18(14-17)20(25)22-12-7-13-24(3)16-8-5-4-6-9-16/h4-6,8-11,14-15,23H,7,12-13H2,1-3H3,(H,22,25). The topological polar surface area (TPSA) is 78.5 Å². The number of hydrogen-bond donors (Lipinski definition) is 2. The Hall–Kier alpha value is -2.45. The van der Waals surface area contributed by atoms with E-state index in [1.807, 2.05) is 37.4 Å². The van der Waals surface area contributed by atoms with Gasteiger partial charge in [-0.15, -0.1) is 0 Å². The first-order chi connectivity index (χ1) is 13.2. The van der Waals surface area contributed by atoms with Gasteiger partial charge in [-0.25, -0.2) is 17.5 Å². The SMILES string of the molecule is CC(C)NS(=O)(=O)c1ccc(F)c(C(=O)NCCCN(C)c2ccccc2)c1. The molecule has 2 aromatic rings. The van der Waals surface area contributed by atoms with E-state index < -0.39 is 21.7 Å². The molecule has 0 aliphatic carbocycles. The highest BCUT2D eigenvalue weighted by Crippen LogP contribution is 2.16. The van der Waals surface area contributed by atoms with Crippen LogP contribution in [0.3, 0.4) is 0 Å². The Bertz CT molecular complexity index is 902. The zero-order valence-corrected chi connectivity index (χ0v) is 17.1. The number of para-hydroxylation sites is 1. The van der Waals surface area contributed by atoms with Crippen LogP contribution in [0.5, 0.6) is 0 Å². The van der Waals surface area contributed by atoms with Gasteiger partial charge in [0, 0.05) is 31.9 Å². The molecule has 0 aliphatic heterocycles. The van der Waals surface area contributed by atoms with Crippen LogP contribution < -0.4 is 14.9 Å². The Morgan fingerprint density at radius 2 is 1.82 bits per heavy atom. The van der Waals surface area contributed by atoms with E-state index in [1.165, 1.54) is 0 Å². The van der Waals surface area contributed by atoms with Gasteiger partial charge in [-0.3, -0.25) is 4.79 Å². The van der Waals surface area contributed by atoms with Crippen LogP contribution in [-0.4, -0.2) is 40.5 Å². The van der Waals surface area contributed by atoms with Gasteiger partial charge < -0.3 is 10.2 Å². The van der Waals surface area contributed by atoms with Gasteiger partial charge in [0.25, 0.3) is 5.91 Å². The van der Waals surface area contributed by atoms with E-state index in [2.05, 4.69) is 14.9 Å². The molecule has 2 aromatic carbocycles. The maximum Gasteiger partial charge on any atom is 0.254 e. The van der Waals surface area contributed by atoms with Crippen molar-refractivity contribution in [3.8, 4) is 0 Å². The van der Waals surface area contributed by atoms with Crippen molar-refractivity contribution in [1.82, 2.24) is 10.0 Å². The molecule has 6 nitrogen and oxygen atoms in total. The minimum Gasteiger partial charge on any atom is -0.375 e. The number of halogens is 1. The summed E-state index contributed by atoms with van der Waals surface area (Å²) in [6.07, 6.45) is 0.658. The highest BCUT2D eigenvalue weighted by atomic mass is 32.2. The van der Waals surface area contributed by atoms with Crippen molar-refractivity contribution in [3.63, 3.8) is 0 Å².